The third-order valence-electron chi connectivity index (χ3n) is 7.76. The molecule has 2 fully saturated rings. The predicted molar refractivity (Wildman–Crippen MR) is 125 cm³/mol. The van der Waals surface area contributed by atoms with Crippen LogP contribution in [0.15, 0.2) is 18.2 Å². The summed E-state index contributed by atoms with van der Waals surface area (Å²) in [5, 5.41) is 10.6. The van der Waals surface area contributed by atoms with E-state index in [1.165, 1.54) is 88.3 Å². The molecule has 0 bridgehead atoms. The standard InChI is InChI=1S/C27H45NO/c1-6-7-8-12-17-28-26(2,3)19-23(20-27(28,4)5)22-15-16-25(29)24(18-22)21-13-10-9-11-14-21/h15-16,18,21,23,29H,6-14,17,19-20H2,1-5H3. The van der Waals surface area contributed by atoms with Crippen molar-refractivity contribution in [3.05, 3.63) is 29.3 Å². The molecule has 1 aliphatic carbocycles. The molecule has 1 N–H and O–H groups in total. The fourth-order valence-electron chi connectivity index (χ4n) is 6.42. The Kier molecular flexibility index (Phi) is 7.36. The van der Waals surface area contributed by atoms with E-state index in [1.54, 1.807) is 0 Å². The van der Waals surface area contributed by atoms with Gasteiger partial charge in [0.05, 0.1) is 0 Å². The van der Waals surface area contributed by atoms with Crippen molar-refractivity contribution in [3.63, 3.8) is 0 Å². The number of aromatic hydroxyl groups is 1. The summed E-state index contributed by atoms with van der Waals surface area (Å²) in [6.07, 6.45) is 14.2. The monoisotopic (exact) mass is 399 g/mol. The summed E-state index contributed by atoms with van der Waals surface area (Å²) < 4.78 is 0. The SMILES string of the molecule is CCCCCCN1C(C)(C)CC(c2ccc(O)c(C3CCCCC3)c2)CC1(C)C. The van der Waals surface area contributed by atoms with Gasteiger partial charge < -0.3 is 5.11 Å². The molecule has 3 rings (SSSR count). The van der Waals surface area contributed by atoms with Gasteiger partial charge in [-0.2, -0.15) is 0 Å². The molecule has 1 saturated carbocycles. The second-order valence-electron chi connectivity index (χ2n) is 11.1. The number of hydrogen-bond acceptors (Lipinski definition) is 2. The van der Waals surface area contributed by atoms with Gasteiger partial charge in [0.25, 0.3) is 0 Å². The summed E-state index contributed by atoms with van der Waals surface area (Å²) in [7, 11) is 0. The molecule has 1 aromatic carbocycles. The smallest absolute Gasteiger partial charge is 0.119 e. The van der Waals surface area contributed by atoms with Gasteiger partial charge >= 0.3 is 0 Å². The minimum atomic E-state index is 0.210. The average Bonchev–Trinajstić information content (AvgIpc) is 2.67. The lowest BCUT2D eigenvalue weighted by Gasteiger charge is -2.56. The first-order valence-electron chi connectivity index (χ1n) is 12.3. The molecule has 1 aromatic rings. The summed E-state index contributed by atoms with van der Waals surface area (Å²) in [6, 6.07) is 6.56. The van der Waals surface area contributed by atoms with Crippen molar-refractivity contribution in [1.82, 2.24) is 4.90 Å². The van der Waals surface area contributed by atoms with E-state index in [0.29, 0.717) is 17.6 Å². The van der Waals surface area contributed by atoms with Crippen molar-refractivity contribution >= 4 is 0 Å². The molecule has 2 nitrogen and oxygen atoms in total. The summed E-state index contributed by atoms with van der Waals surface area (Å²) >= 11 is 0. The number of piperidine rings is 1. The molecule has 0 aromatic heterocycles. The molecule has 2 heteroatoms. The van der Waals surface area contributed by atoms with E-state index in [1.807, 2.05) is 6.07 Å². The van der Waals surface area contributed by atoms with Gasteiger partial charge in [-0.1, -0.05) is 57.6 Å². The Labute approximate surface area is 180 Å². The highest BCUT2D eigenvalue weighted by molar-refractivity contribution is 5.40. The fraction of sp³-hybridized carbons (Fsp3) is 0.778. The zero-order valence-corrected chi connectivity index (χ0v) is 19.8. The molecule has 1 heterocycles. The topological polar surface area (TPSA) is 23.5 Å². The van der Waals surface area contributed by atoms with Crippen LogP contribution in [-0.2, 0) is 0 Å². The second-order valence-corrected chi connectivity index (χ2v) is 11.1. The van der Waals surface area contributed by atoms with Crippen LogP contribution in [0.1, 0.15) is 128 Å². The van der Waals surface area contributed by atoms with Crippen molar-refractivity contribution in [3.8, 4) is 5.75 Å². The molecule has 164 valence electrons. The van der Waals surface area contributed by atoms with Gasteiger partial charge in [0.2, 0.25) is 0 Å². The first-order chi connectivity index (χ1) is 13.7. The Morgan fingerprint density at radius 1 is 0.897 bits per heavy atom. The zero-order valence-electron chi connectivity index (χ0n) is 19.8. The summed E-state index contributed by atoms with van der Waals surface area (Å²) in [5.74, 6) is 1.66. The van der Waals surface area contributed by atoms with Crippen LogP contribution in [0.2, 0.25) is 0 Å². The van der Waals surface area contributed by atoms with Gasteiger partial charge in [-0.25, -0.2) is 0 Å². The van der Waals surface area contributed by atoms with Gasteiger partial charge in [0, 0.05) is 11.1 Å². The van der Waals surface area contributed by atoms with Crippen LogP contribution in [0.3, 0.4) is 0 Å². The fourth-order valence-corrected chi connectivity index (χ4v) is 6.42. The molecule has 2 aliphatic rings. The Hall–Kier alpha value is -1.02. The average molecular weight is 400 g/mol. The first kappa shape index (κ1) is 22.7. The molecule has 29 heavy (non-hydrogen) atoms. The van der Waals surface area contributed by atoms with Crippen LogP contribution < -0.4 is 0 Å². The van der Waals surface area contributed by atoms with Crippen molar-refractivity contribution in [2.24, 2.45) is 0 Å². The van der Waals surface area contributed by atoms with Crippen molar-refractivity contribution in [1.29, 1.82) is 0 Å². The van der Waals surface area contributed by atoms with Gasteiger partial charge in [-0.15, -0.1) is 0 Å². The van der Waals surface area contributed by atoms with Gasteiger partial charge in [-0.3, -0.25) is 4.90 Å². The maximum atomic E-state index is 10.6. The zero-order chi connectivity index (χ0) is 21.1. The third kappa shape index (κ3) is 5.37. The summed E-state index contributed by atoms with van der Waals surface area (Å²) in [4.78, 5) is 2.79. The molecule has 1 aliphatic heterocycles. The van der Waals surface area contributed by atoms with E-state index in [4.69, 9.17) is 0 Å². The predicted octanol–water partition coefficient (Wildman–Crippen LogP) is 7.76. The van der Waals surface area contributed by atoms with E-state index in [2.05, 4.69) is 51.7 Å². The maximum Gasteiger partial charge on any atom is 0.119 e. The van der Waals surface area contributed by atoms with E-state index in [0.717, 1.165) is 0 Å². The van der Waals surface area contributed by atoms with Crippen LogP contribution in [0.25, 0.3) is 0 Å². The highest BCUT2D eigenvalue weighted by Gasteiger charge is 2.45. The van der Waals surface area contributed by atoms with E-state index >= 15 is 0 Å². The number of nitrogens with zero attached hydrogens (tertiary/aromatic N) is 1. The number of rotatable bonds is 7. The number of phenolic OH excluding ortho intramolecular Hbond substituents is 1. The van der Waals surface area contributed by atoms with Gasteiger partial charge in [0.1, 0.15) is 5.75 Å². The lowest BCUT2D eigenvalue weighted by Crippen LogP contribution is -2.60. The number of benzene rings is 1. The molecule has 0 unspecified atom stereocenters. The van der Waals surface area contributed by atoms with Crippen molar-refractivity contribution in [2.45, 2.75) is 128 Å². The van der Waals surface area contributed by atoms with Crippen LogP contribution in [0.5, 0.6) is 5.75 Å². The van der Waals surface area contributed by atoms with Crippen LogP contribution in [0, 0.1) is 0 Å². The molecule has 1 saturated heterocycles. The minimum absolute atomic E-state index is 0.210. The van der Waals surface area contributed by atoms with Crippen molar-refractivity contribution in [2.75, 3.05) is 6.54 Å². The van der Waals surface area contributed by atoms with Crippen LogP contribution in [-0.4, -0.2) is 27.6 Å². The Balaban J connectivity index is 1.77. The maximum absolute atomic E-state index is 10.6. The van der Waals surface area contributed by atoms with E-state index < -0.39 is 0 Å². The summed E-state index contributed by atoms with van der Waals surface area (Å²) in [6.45, 7) is 13.3. The number of unbranched alkanes of at least 4 members (excludes halogenated alkanes) is 3. The molecule has 0 atom stereocenters. The Morgan fingerprint density at radius 3 is 2.17 bits per heavy atom. The number of phenols is 1. The van der Waals surface area contributed by atoms with Crippen LogP contribution in [0.4, 0.5) is 0 Å². The highest BCUT2D eigenvalue weighted by atomic mass is 16.3. The van der Waals surface area contributed by atoms with Gasteiger partial charge in [-0.05, 0) is 95.4 Å². The molecular weight excluding hydrogens is 354 g/mol. The quantitative estimate of drug-likeness (QED) is 0.474. The summed E-state index contributed by atoms with van der Waals surface area (Å²) in [5.41, 5.74) is 3.10. The van der Waals surface area contributed by atoms with Crippen molar-refractivity contribution < 1.29 is 5.11 Å². The molecule has 0 radical (unpaired) electrons. The van der Waals surface area contributed by atoms with Gasteiger partial charge in [0.15, 0.2) is 0 Å². The minimum Gasteiger partial charge on any atom is -0.508 e. The Morgan fingerprint density at radius 2 is 1.55 bits per heavy atom. The van der Waals surface area contributed by atoms with E-state index in [9.17, 15) is 5.11 Å². The Bertz CT molecular complexity index is 639. The number of hydrogen-bond donors (Lipinski definition) is 1. The largest absolute Gasteiger partial charge is 0.508 e. The van der Waals surface area contributed by atoms with E-state index in [-0.39, 0.29) is 11.1 Å². The molecular formula is C27H45NO. The lowest BCUT2D eigenvalue weighted by atomic mass is 9.70. The molecule has 0 spiro atoms. The normalized spacial score (nSPS) is 23.3. The third-order valence-corrected chi connectivity index (χ3v) is 7.76. The number of likely N-dealkylation sites (tertiary alicyclic amines) is 1. The molecule has 0 amide bonds. The lowest BCUT2D eigenvalue weighted by molar-refractivity contribution is -0.0371. The van der Waals surface area contributed by atoms with Crippen LogP contribution >= 0.6 is 0 Å². The second kappa shape index (κ2) is 9.41. The first-order valence-corrected chi connectivity index (χ1v) is 12.3. The highest BCUT2D eigenvalue weighted by Crippen LogP contribution is 2.47.